The van der Waals surface area contributed by atoms with Crippen LogP contribution in [0.4, 0.5) is 0 Å². The van der Waals surface area contributed by atoms with Crippen molar-refractivity contribution in [3.8, 4) is 0 Å². The van der Waals surface area contributed by atoms with E-state index in [0.29, 0.717) is 25.9 Å². The van der Waals surface area contributed by atoms with Crippen molar-refractivity contribution in [3.63, 3.8) is 0 Å². The van der Waals surface area contributed by atoms with Crippen LogP contribution in [0, 0.1) is 12.3 Å². The fourth-order valence-corrected chi connectivity index (χ4v) is 2.58. The minimum Gasteiger partial charge on any atom is -0.465 e. The number of aryl methyl sites for hydroxylation is 1. The van der Waals surface area contributed by atoms with Gasteiger partial charge in [-0.15, -0.1) is 0 Å². The Morgan fingerprint density at radius 3 is 2.73 bits per heavy atom. The highest BCUT2D eigenvalue weighted by atomic mass is 16.6. The molecule has 0 bridgehead atoms. The largest absolute Gasteiger partial charge is 0.465 e. The Balaban J connectivity index is 2.14. The van der Waals surface area contributed by atoms with Crippen molar-refractivity contribution in [1.29, 1.82) is 0 Å². The predicted molar refractivity (Wildman–Crippen MR) is 84.1 cm³/mol. The Kier molecular flexibility index (Phi) is 5.36. The summed E-state index contributed by atoms with van der Waals surface area (Å²) in [4.78, 5) is 24.4. The summed E-state index contributed by atoms with van der Waals surface area (Å²) in [5.74, 6) is -0.945. The highest BCUT2D eigenvalue weighted by Gasteiger charge is 2.49. The lowest BCUT2D eigenvalue weighted by Gasteiger charge is -2.31. The van der Waals surface area contributed by atoms with E-state index in [4.69, 9.17) is 9.47 Å². The Bertz CT molecular complexity index is 559. The van der Waals surface area contributed by atoms with Gasteiger partial charge in [-0.1, -0.05) is 42.0 Å². The van der Waals surface area contributed by atoms with Gasteiger partial charge in [0.15, 0.2) is 5.41 Å². The van der Waals surface area contributed by atoms with Crippen LogP contribution in [0.25, 0.3) is 6.08 Å². The molecule has 0 amide bonds. The van der Waals surface area contributed by atoms with Crippen molar-refractivity contribution in [2.45, 2.75) is 33.1 Å². The number of hydrogen-bond donors (Lipinski definition) is 0. The zero-order chi connectivity index (χ0) is 16.0. The van der Waals surface area contributed by atoms with Crippen LogP contribution in [-0.2, 0) is 19.1 Å². The Labute approximate surface area is 131 Å². The first-order valence-corrected chi connectivity index (χ1v) is 7.66. The van der Waals surface area contributed by atoms with Crippen LogP contribution in [0.15, 0.2) is 30.3 Å². The first kappa shape index (κ1) is 16.3. The lowest BCUT2D eigenvalue weighted by molar-refractivity contribution is -0.177. The standard InChI is InChI=1S/C18H22O4/c1-3-21-16(19)18(12-5-13-22-17(18)20)11-4-6-15-9-7-14(2)8-10-15/h4,6-10H,3,5,11-13H2,1-2H3/b6-4+/t18-/m0/s1. The van der Waals surface area contributed by atoms with Gasteiger partial charge in [0, 0.05) is 0 Å². The molecular formula is C18H22O4. The molecule has 4 nitrogen and oxygen atoms in total. The maximum absolute atomic E-state index is 12.3. The Morgan fingerprint density at radius 1 is 1.36 bits per heavy atom. The summed E-state index contributed by atoms with van der Waals surface area (Å²) in [6.07, 6.45) is 5.24. The van der Waals surface area contributed by atoms with Crippen molar-refractivity contribution in [1.82, 2.24) is 0 Å². The lowest BCUT2D eigenvalue weighted by atomic mass is 9.78. The molecule has 1 aromatic carbocycles. The van der Waals surface area contributed by atoms with Gasteiger partial charge in [0.2, 0.25) is 0 Å². The van der Waals surface area contributed by atoms with Crippen LogP contribution < -0.4 is 0 Å². The molecule has 0 N–H and O–H groups in total. The average molecular weight is 302 g/mol. The van der Waals surface area contributed by atoms with E-state index in [1.807, 2.05) is 43.3 Å². The number of allylic oxidation sites excluding steroid dienone is 1. The molecule has 0 unspecified atom stereocenters. The predicted octanol–water partition coefficient (Wildman–Crippen LogP) is 3.28. The van der Waals surface area contributed by atoms with Gasteiger partial charge in [0.25, 0.3) is 0 Å². The Morgan fingerprint density at radius 2 is 2.09 bits per heavy atom. The summed E-state index contributed by atoms with van der Waals surface area (Å²) >= 11 is 0. The average Bonchev–Trinajstić information content (AvgIpc) is 2.51. The number of esters is 2. The topological polar surface area (TPSA) is 52.6 Å². The molecule has 1 fully saturated rings. The maximum Gasteiger partial charge on any atom is 0.323 e. The van der Waals surface area contributed by atoms with Crippen LogP contribution in [0.5, 0.6) is 0 Å². The second kappa shape index (κ2) is 7.25. The van der Waals surface area contributed by atoms with Crippen LogP contribution in [0.2, 0.25) is 0 Å². The van der Waals surface area contributed by atoms with Gasteiger partial charge in [-0.3, -0.25) is 9.59 Å². The second-order valence-electron chi connectivity index (χ2n) is 5.56. The molecule has 22 heavy (non-hydrogen) atoms. The molecule has 1 aromatic rings. The van der Waals surface area contributed by atoms with Crippen LogP contribution >= 0.6 is 0 Å². The number of ether oxygens (including phenoxy) is 2. The van der Waals surface area contributed by atoms with E-state index in [2.05, 4.69) is 0 Å². The zero-order valence-electron chi connectivity index (χ0n) is 13.1. The molecule has 0 aromatic heterocycles. The van der Waals surface area contributed by atoms with Crippen LogP contribution in [0.3, 0.4) is 0 Å². The van der Waals surface area contributed by atoms with Gasteiger partial charge in [0.05, 0.1) is 13.2 Å². The zero-order valence-corrected chi connectivity index (χ0v) is 13.1. The summed E-state index contributed by atoms with van der Waals surface area (Å²) in [5, 5.41) is 0. The van der Waals surface area contributed by atoms with Crippen molar-refractivity contribution in [3.05, 3.63) is 41.5 Å². The normalized spacial score (nSPS) is 21.6. The first-order chi connectivity index (χ1) is 10.6. The second-order valence-corrected chi connectivity index (χ2v) is 5.56. The molecule has 1 atom stereocenters. The van der Waals surface area contributed by atoms with Crippen molar-refractivity contribution in [2.24, 2.45) is 5.41 Å². The third kappa shape index (κ3) is 3.56. The molecule has 2 rings (SSSR count). The van der Waals surface area contributed by atoms with E-state index in [-0.39, 0.29) is 6.61 Å². The van der Waals surface area contributed by atoms with Gasteiger partial charge >= 0.3 is 11.9 Å². The van der Waals surface area contributed by atoms with Crippen LogP contribution in [0.1, 0.15) is 37.3 Å². The fourth-order valence-electron chi connectivity index (χ4n) is 2.58. The van der Waals surface area contributed by atoms with Crippen molar-refractivity contribution >= 4 is 18.0 Å². The maximum atomic E-state index is 12.3. The summed E-state index contributed by atoms with van der Waals surface area (Å²) in [5.41, 5.74) is 1.04. The van der Waals surface area contributed by atoms with E-state index in [9.17, 15) is 9.59 Å². The molecule has 1 aliphatic heterocycles. The van der Waals surface area contributed by atoms with Crippen molar-refractivity contribution < 1.29 is 19.1 Å². The first-order valence-electron chi connectivity index (χ1n) is 7.66. The monoisotopic (exact) mass is 302 g/mol. The number of cyclic esters (lactones) is 1. The molecule has 1 saturated heterocycles. The molecule has 4 heteroatoms. The van der Waals surface area contributed by atoms with Gasteiger partial charge in [0.1, 0.15) is 0 Å². The van der Waals surface area contributed by atoms with Gasteiger partial charge in [-0.05, 0) is 38.7 Å². The van der Waals surface area contributed by atoms with Gasteiger partial charge in [-0.2, -0.15) is 0 Å². The summed E-state index contributed by atoms with van der Waals surface area (Å²) in [6, 6.07) is 8.05. The molecule has 1 aliphatic rings. The fraction of sp³-hybridized carbons (Fsp3) is 0.444. The number of rotatable bonds is 5. The SMILES string of the molecule is CCOC(=O)[C@]1(C/C=C/c2ccc(C)cc2)CCCOC1=O. The van der Waals surface area contributed by atoms with E-state index >= 15 is 0 Å². The lowest BCUT2D eigenvalue weighted by Crippen LogP contribution is -2.44. The van der Waals surface area contributed by atoms with E-state index in [0.717, 1.165) is 5.56 Å². The summed E-state index contributed by atoms with van der Waals surface area (Å²) < 4.78 is 10.2. The highest BCUT2D eigenvalue weighted by molar-refractivity contribution is 6.00. The molecule has 1 heterocycles. The van der Waals surface area contributed by atoms with Crippen LogP contribution in [-0.4, -0.2) is 25.2 Å². The van der Waals surface area contributed by atoms with E-state index < -0.39 is 17.4 Å². The van der Waals surface area contributed by atoms with Gasteiger partial charge < -0.3 is 9.47 Å². The number of carbonyl (C=O) groups excluding carboxylic acids is 2. The quantitative estimate of drug-likeness (QED) is 0.618. The summed E-state index contributed by atoms with van der Waals surface area (Å²) in [7, 11) is 0. The van der Waals surface area contributed by atoms with E-state index in [1.54, 1.807) is 6.92 Å². The molecule has 118 valence electrons. The summed E-state index contributed by atoms with van der Waals surface area (Å²) in [6.45, 7) is 4.40. The smallest absolute Gasteiger partial charge is 0.323 e. The minimum atomic E-state index is -1.19. The van der Waals surface area contributed by atoms with E-state index in [1.165, 1.54) is 5.56 Å². The molecule has 0 spiro atoms. The van der Waals surface area contributed by atoms with Gasteiger partial charge in [-0.25, -0.2) is 0 Å². The van der Waals surface area contributed by atoms with Crippen molar-refractivity contribution in [2.75, 3.05) is 13.2 Å². The molecule has 0 saturated carbocycles. The third-order valence-electron chi connectivity index (χ3n) is 3.89. The molecular weight excluding hydrogens is 280 g/mol. The number of hydrogen-bond acceptors (Lipinski definition) is 4. The number of benzene rings is 1. The minimum absolute atomic E-state index is 0.259. The Hall–Kier alpha value is -2.10. The number of carbonyl (C=O) groups is 2. The highest BCUT2D eigenvalue weighted by Crippen LogP contribution is 2.35. The molecule has 0 aliphatic carbocycles. The third-order valence-corrected chi connectivity index (χ3v) is 3.89. The molecule has 0 radical (unpaired) electrons.